The number of ether oxygens (including phenoxy) is 1. The molecule has 2 rings (SSSR count). The lowest BCUT2D eigenvalue weighted by Crippen LogP contribution is -2.46. The van der Waals surface area contributed by atoms with Gasteiger partial charge < -0.3 is 10.5 Å². The van der Waals surface area contributed by atoms with E-state index in [1.807, 2.05) is 19.1 Å². The molecule has 1 aliphatic heterocycles. The smallest absolute Gasteiger partial charge is 0.118 e. The third-order valence-electron chi connectivity index (χ3n) is 3.56. The summed E-state index contributed by atoms with van der Waals surface area (Å²) in [7, 11) is 1.01. The number of nitrogens with zero attached hydrogens (tertiary/aromatic N) is 1. The number of benzene rings is 1. The fourth-order valence-electron chi connectivity index (χ4n) is 2.58. The Morgan fingerprint density at radius 2 is 1.84 bits per heavy atom. The van der Waals surface area contributed by atoms with Gasteiger partial charge in [-0.25, -0.2) is 0 Å². The average molecular weight is 282 g/mol. The fraction of sp³-hybridized carbons (Fsp3) is 0.571. The lowest BCUT2D eigenvalue weighted by atomic mass is 9.99. The lowest BCUT2D eigenvalue weighted by Gasteiger charge is -2.36. The summed E-state index contributed by atoms with van der Waals surface area (Å²) < 4.78 is 16.6. The van der Waals surface area contributed by atoms with Gasteiger partial charge in [-0.2, -0.15) is 0 Å². The zero-order valence-corrected chi connectivity index (χ0v) is 12.4. The Morgan fingerprint density at radius 1 is 1.26 bits per heavy atom. The van der Waals surface area contributed by atoms with Crippen molar-refractivity contribution >= 4 is 10.8 Å². The summed E-state index contributed by atoms with van der Waals surface area (Å²) in [6.07, 6.45) is 0. The van der Waals surface area contributed by atoms with Crippen LogP contribution in [0.1, 0.15) is 18.5 Å². The third-order valence-corrected chi connectivity index (χ3v) is 4.84. The number of hydrogen-bond acceptors (Lipinski definition) is 4. The Bertz CT molecular complexity index is 424. The zero-order valence-electron chi connectivity index (χ0n) is 11.5. The van der Waals surface area contributed by atoms with Gasteiger partial charge in [-0.15, -0.1) is 0 Å². The molecule has 1 fully saturated rings. The van der Waals surface area contributed by atoms with Crippen LogP contribution < -0.4 is 10.5 Å². The van der Waals surface area contributed by atoms with Gasteiger partial charge in [0.1, 0.15) is 5.75 Å². The molecule has 0 saturated carbocycles. The molecular weight excluding hydrogens is 260 g/mol. The first-order valence-corrected chi connectivity index (χ1v) is 8.09. The van der Waals surface area contributed by atoms with Crippen LogP contribution in [0.15, 0.2) is 24.3 Å². The van der Waals surface area contributed by atoms with Crippen LogP contribution >= 0.6 is 0 Å². The molecule has 1 aromatic rings. The highest BCUT2D eigenvalue weighted by Crippen LogP contribution is 2.26. The highest BCUT2D eigenvalue weighted by atomic mass is 32.2. The van der Waals surface area contributed by atoms with E-state index in [1.165, 1.54) is 5.56 Å². The molecule has 0 aromatic heterocycles. The predicted molar refractivity (Wildman–Crippen MR) is 78.8 cm³/mol. The highest BCUT2D eigenvalue weighted by Gasteiger charge is 2.27. The van der Waals surface area contributed by atoms with Crippen molar-refractivity contribution in [1.29, 1.82) is 0 Å². The van der Waals surface area contributed by atoms with Gasteiger partial charge in [0.15, 0.2) is 0 Å². The fourth-order valence-corrected chi connectivity index (χ4v) is 3.66. The van der Waals surface area contributed by atoms with Crippen molar-refractivity contribution in [2.75, 3.05) is 31.7 Å². The molecular formula is C14H22N2O2S. The first kappa shape index (κ1) is 14.5. The van der Waals surface area contributed by atoms with Crippen LogP contribution in [-0.4, -0.2) is 46.9 Å². The van der Waals surface area contributed by atoms with Crippen molar-refractivity contribution in [2.45, 2.75) is 19.0 Å². The van der Waals surface area contributed by atoms with Crippen molar-refractivity contribution in [3.8, 4) is 5.75 Å². The average Bonchev–Trinajstić information content (AvgIpc) is 2.42. The van der Waals surface area contributed by atoms with Crippen molar-refractivity contribution in [1.82, 2.24) is 4.90 Å². The molecule has 2 unspecified atom stereocenters. The van der Waals surface area contributed by atoms with Crippen molar-refractivity contribution in [3.63, 3.8) is 0 Å². The van der Waals surface area contributed by atoms with Gasteiger partial charge in [0.05, 0.1) is 7.11 Å². The minimum absolute atomic E-state index is 0.0416. The van der Waals surface area contributed by atoms with E-state index in [1.54, 1.807) is 7.11 Å². The molecule has 5 heteroatoms. The monoisotopic (exact) mass is 282 g/mol. The zero-order chi connectivity index (χ0) is 13.8. The summed E-state index contributed by atoms with van der Waals surface area (Å²) in [6.45, 7) is 3.73. The van der Waals surface area contributed by atoms with Gasteiger partial charge in [0, 0.05) is 47.5 Å². The quantitative estimate of drug-likeness (QED) is 0.900. The summed E-state index contributed by atoms with van der Waals surface area (Å²) in [6, 6.07) is 8.29. The van der Waals surface area contributed by atoms with Crippen molar-refractivity contribution in [3.05, 3.63) is 29.8 Å². The van der Waals surface area contributed by atoms with E-state index in [9.17, 15) is 4.21 Å². The van der Waals surface area contributed by atoms with Crippen LogP contribution in [0.4, 0.5) is 0 Å². The Labute approximate surface area is 117 Å². The maximum atomic E-state index is 11.5. The summed E-state index contributed by atoms with van der Waals surface area (Å²) in [5.41, 5.74) is 7.35. The minimum atomic E-state index is -0.655. The standard InChI is InChI=1S/C14H22N2O2S/c1-11(15)14(16-7-9-19(17)10-8-16)12-3-5-13(18-2)6-4-12/h3-6,11,14H,7-10,15H2,1-2H3. The predicted octanol–water partition coefficient (Wildman–Crippen LogP) is 1.15. The van der Waals surface area contributed by atoms with Gasteiger partial charge >= 0.3 is 0 Å². The van der Waals surface area contributed by atoms with E-state index in [0.717, 1.165) is 30.3 Å². The Hall–Kier alpha value is -0.910. The Balaban J connectivity index is 2.16. The molecule has 1 aromatic carbocycles. The van der Waals surface area contributed by atoms with Gasteiger partial charge in [0.2, 0.25) is 0 Å². The van der Waals surface area contributed by atoms with E-state index in [2.05, 4.69) is 17.0 Å². The van der Waals surface area contributed by atoms with E-state index in [0.29, 0.717) is 0 Å². The molecule has 0 aliphatic carbocycles. The van der Waals surface area contributed by atoms with Gasteiger partial charge in [-0.1, -0.05) is 12.1 Å². The number of hydrogen-bond donors (Lipinski definition) is 1. The maximum Gasteiger partial charge on any atom is 0.118 e. The molecule has 4 nitrogen and oxygen atoms in total. The van der Waals surface area contributed by atoms with Crippen LogP contribution in [-0.2, 0) is 10.8 Å². The molecule has 0 radical (unpaired) electrons. The molecule has 1 aliphatic rings. The lowest BCUT2D eigenvalue weighted by molar-refractivity contribution is 0.193. The molecule has 0 spiro atoms. The molecule has 2 atom stereocenters. The van der Waals surface area contributed by atoms with Crippen LogP contribution in [0.25, 0.3) is 0 Å². The second-order valence-electron chi connectivity index (χ2n) is 4.96. The molecule has 0 amide bonds. The topological polar surface area (TPSA) is 55.6 Å². The van der Waals surface area contributed by atoms with E-state index in [-0.39, 0.29) is 12.1 Å². The van der Waals surface area contributed by atoms with Crippen molar-refractivity contribution in [2.24, 2.45) is 5.73 Å². The summed E-state index contributed by atoms with van der Waals surface area (Å²) in [5.74, 6) is 2.35. The minimum Gasteiger partial charge on any atom is -0.497 e. The number of rotatable bonds is 4. The molecule has 19 heavy (non-hydrogen) atoms. The van der Waals surface area contributed by atoms with Gasteiger partial charge in [-0.05, 0) is 24.6 Å². The van der Waals surface area contributed by atoms with E-state index in [4.69, 9.17) is 10.5 Å². The van der Waals surface area contributed by atoms with E-state index < -0.39 is 10.8 Å². The summed E-state index contributed by atoms with van der Waals surface area (Å²) >= 11 is 0. The van der Waals surface area contributed by atoms with Crippen LogP contribution in [0, 0.1) is 0 Å². The summed E-state index contributed by atoms with van der Waals surface area (Å²) in [4.78, 5) is 2.34. The molecule has 1 saturated heterocycles. The third kappa shape index (κ3) is 3.55. The SMILES string of the molecule is COc1ccc(C(C(C)N)N2CCS(=O)CC2)cc1. The van der Waals surface area contributed by atoms with Crippen LogP contribution in [0.3, 0.4) is 0 Å². The van der Waals surface area contributed by atoms with Gasteiger partial charge in [0.25, 0.3) is 0 Å². The number of methoxy groups -OCH3 is 1. The first-order valence-electron chi connectivity index (χ1n) is 6.60. The van der Waals surface area contributed by atoms with Gasteiger partial charge in [-0.3, -0.25) is 9.11 Å². The maximum absolute atomic E-state index is 11.5. The molecule has 106 valence electrons. The van der Waals surface area contributed by atoms with Crippen LogP contribution in [0.5, 0.6) is 5.75 Å². The second kappa shape index (κ2) is 6.50. The molecule has 2 N–H and O–H groups in total. The number of nitrogens with two attached hydrogens (primary N) is 1. The Kier molecular flexibility index (Phi) is 4.96. The largest absolute Gasteiger partial charge is 0.497 e. The molecule has 0 bridgehead atoms. The summed E-state index contributed by atoms with van der Waals surface area (Å²) in [5, 5.41) is 0. The van der Waals surface area contributed by atoms with Crippen LogP contribution in [0.2, 0.25) is 0 Å². The molecule has 1 heterocycles. The second-order valence-corrected chi connectivity index (χ2v) is 6.66. The van der Waals surface area contributed by atoms with Crippen molar-refractivity contribution < 1.29 is 8.95 Å². The highest BCUT2D eigenvalue weighted by molar-refractivity contribution is 7.85. The Morgan fingerprint density at radius 3 is 2.32 bits per heavy atom. The van der Waals surface area contributed by atoms with E-state index >= 15 is 0 Å². The normalized spacial score (nSPS) is 21.0. The first-order chi connectivity index (χ1) is 9.11.